The SMILES string of the molecule is c1ccc(CN2CCN(Cc3ccccn3)CCN(Cc3ccccn3)C(Cc3ccc(-n4cc(C5CCCCCCCCC5)nn4)cc3)CN(Cc3ccccn3)CC2)nc1. The summed E-state index contributed by atoms with van der Waals surface area (Å²) < 4.78 is 1.99. The topological polar surface area (TPSA) is 95.2 Å². The summed E-state index contributed by atoms with van der Waals surface area (Å²) in [7, 11) is 0. The molecule has 1 saturated heterocycles. The first-order valence-electron chi connectivity index (χ1n) is 23.2. The number of hydrogen-bond donors (Lipinski definition) is 0. The van der Waals surface area contributed by atoms with Crippen LogP contribution in [0.5, 0.6) is 0 Å². The van der Waals surface area contributed by atoms with Crippen molar-refractivity contribution in [2.75, 3.05) is 45.8 Å². The molecule has 1 saturated carbocycles. The standard InChI is InChI=1S/C51H65N11/c1-2-4-6-16-44(17-7-5-3-1)51-42-62(57-56-51)49-24-22-43(23-25-49)36-50-41-60(39-47-20-10-14-28-54-47)33-32-58(37-45-18-8-12-26-52-45)30-31-59(38-46-19-9-13-27-53-46)34-35-61(50)40-48-21-11-15-29-55-48/h8-15,18-29,42,44,50H,1-7,16-17,30-41H2. The van der Waals surface area contributed by atoms with Crippen LogP contribution in [0, 0.1) is 0 Å². The largest absolute Gasteiger partial charge is 0.295 e. The van der Waals surface area contributed by atoms with Gasteiger partial charge >= 0.3 is 0 Å². The predicted octanol–water partition coefficient (Wildman–Crippen LogP) is 8.39. The summed E-state index contributed by atoms with van der Waals surface area (Å²) in [5, 5.41) is 9.40. The third-order valence-corrected chi connectivity index (χ3v) is 12.8. The summed E-state index contributed by atoms with van der Waals surface area (Å²) in [4.78, 5) is 29.6. The molecule has 0 bridgehead atoms. The molecule has 1 aliphatic carbocycles. The molecule has 62 heavy (non-hydrogen) atoms. The summed E-state index contributed by atoms with van der Waals surface area (Å²) in [5.41, 5.74) is 7.90. The molecule has 6 aromatic rings. The van der Waals surface area contributed by atoms with Crippen molar-refractivity contribution < 1.29 is 0 Å². The van der Waals surface area contributed by atoms with Crippen LogP contribution in [0.15, 0.2) is 128 Å². The van der Waals surface area contributed by atoms with Crippen LogP contribution in [0.4, 0.5) is 0 Å². The van der Waals surface area contributed by atoms with Gasteiger partial charge in [0.15, 0.2) is 0 Å². The molecule has 5 aromatic heterocycles. The van der Waals surface area contributed by atoms with Gasteiger partial charge in [-0.2, -0.15) is 0 Å². The van der Waals surface area contributed by atoms with E-state index in [1.807, 2.05) is 53.7 Å². The third kappa shape index (κ3) is 13.4. The second-order valence-corrected chi connectivity index (χ2v) is 17.4. The maximum absolute atomic E-state index is 4.85. The van der Waals surface area contributed by atoms with Gasteiger partial charge in [-0.25, -0.2) is 4.68 Å². The fraction of sp³-hybridized carbons (Fsp3) is 0.451. The number of benzene rings is 1. The van der Waals surface area contributed by atoms with Gasteiger partial charge in [0.25, 0.3) is 0 Å². The fourth-order valence-electron chi connectivity index (χ4n) is 9.22. The molecule has 0 N–H and O–H groups in total. The van der Waals surface area contributed by atoms with Crippen molar-refractivity contribution in [2.45, 2.75) is 102 Å². The Hall–Kier alpha value is -5.20. The van der Waals surface area contributed by atoms with Crippen molar-refractivity contribution in [1.82, 2.24) is 54.5 Å². The molecule has 11 heteroatoms. The molecule has 324 valence electrons. The molecular weight excluding hydrogens is 767 g/mol. The van der Waals surface area contributed by atoms with Gasteiger partial charge in [-0.15, -0.1) is 5.10 Å². The molecule has 0 amide bonds. The smallest absolute Gasteiger partial charge is 0.0862 e. The van der Waals surface area contributed by atoms with E-state index in [1.165, 1.54) is 63.4 Å². The average Bonchev–Trinajstić information content (AvgIpc) is 3.81. The maximum Gasteiger partial charge on any atom is 0.0862 e. The van der Waals surface area contributed by atoms with Crippen LogP contribution in [0.3, 0.4) is 0 Å². The predicted molar refractivity (Wildman–Crippen MR) is 246 cm³/mol. The lowest BCUT2D eigenvalue weighted by Crippen LogP contribution is -2.50. The number of rotatable bonds is 12. The number of pyridine rings is 4. The first-order valence-corrected chi connectivity index (χ1v) is 23.2. The van der Waals surface area contributed by atoms with E-state index < -0.39 is 0 Å². The minimum Gasteiger partial charge on any atom is -0.295 e. The van der Waals surface area contributed by atoms with Gasteiger partial charge in [0.1, 0.15) is 0 Å². The van der Waals surface area contributed by atoms with Crippen molar-refractivity contribution in [1.29, 1.82) is 0 Å². The molecule has 2 fully saturated rings. The normalized spacial score (nSPS) is 19.1. The molecule has 1 atom stereocenters. The van der Waals surface area contributed by atoms with E-state index >= 15 is 0 Å². The summed E-state index contributed by atoms with van der Waals surface area (Å²) in [6.07, 6.45) is 22.5. The highest BCUT2D eigenvalue weighted by Crippen LogP contribution is 2.29. The van der Waals surface area contributed by atoms with Gasteiger partial charge in [-0.3, -0.25) is 39.5 Å². The van der Waals surface area contributed by atoms with Gasteiger partial charge in [-0.05, 0) is 85.5 Å². The van der Waals surface area contributed by atoms with Crippen LogP contribution < -0.4 is 0 Å². The van der Waals surface area contributed by atoms with Crippen molar-refractivity contribution in [3.05, 3.63) is 162 Å². The molecule has 2 aliphatic rings. The highest BCUT2D eigenvalue weighted by molar-refractivity contribution is 5.34. The summed E-state index contributed by atoms with van der Waals surface area (Å²) >= 11 is 0. The monoisotopic (exact) mass is 832 g/mol. The average molecular weight is 832 g/mol. The van der Waals surface area contributed by atoms with Crippen molar-refractivity contribution >= 4 is 0 Å². The molecule has 1 unspecified atom stereocenters. The molecule has 0 spiro atoms. The fourth-order valence-corrected chi connectivity index (χ4v) is 9.22. The Morgan fingerprint density at radius 1 is 0.468 bits per heavy atom. The lowest BCUT2D eigenvalue weighted by Gasteiger charge is -2.39. The maximum atomic E-state index is 4.85. The van der Waals surface area contributed by atoms with Gasteiger partial charge in [0.05, 0.1) is 40.4 Å². The minimum absolute atomic E-state index is 0.206. The van der Waals surface area contributed by atoms with E-state index in [0.29, 0.717) is 5.92 Å². The Morgan fingerprint density at radius 3 is 1.45 bits per heavy atom. The first-order chi connectivity index (χ1) is 30.7. The summed E-state index contributed by atoms with van der Waals surface area (Å²) in [5.74, 6) is 0.503. The van der Waals surface area contributed by atoms with Crippen LogP contribution in [0.1, 0.15) is 97.7 Å². The number of aromatic nitrogens is 7. The van der Waals surface area contributed by atoms with Gasteiger partial charge in [-0.1, -0.05) is 86.6 Å². The molecule has 0 radical (unpaired) electrons. The van der Waals surface area contributed by atoms with E-state index in [1.54, 1.807) is 0 Å². The van der Waals surface area contributed by atoms with E-state index in [0.717, 1.165) is 113 Å². The lowest BCUT2D eigenvalue weighted by molar-refractivity contribution is 0.0841. The van der Waals surface area contributed by atoms with E-state index in [-0.39, 0.29) is 6.04 Å². The Bertz CT molecular complexity index is 2120. The molecule has 1 aromatic carbocycles. The molecule has 11 nitrogen and oxygen atoms in total. The highest BCUT2D eigenvalue weighted by atomic mass is 15.4. The van der Waals surface area contributed by atoms with Crippen molar-refractivity contribution in [2.24, 2.45) is 0 Å². The number of nitrogens with zero attached hydrogens (tertiary/aromatic N) is 11. The molecule has 6 heterocycles. The van der Waals surface area contributed by atoms with Crippen LogP contribution >= 0.6 is 0 Å². The molecule has 8 rings (SSSR count). The highest BCUT2D eigenvalue weighted by Gasteiger charge is 2.26. The molecule has 1 aliphatic heterocycles. The second-order valence-electron chi connectivity index (χ2n) is 17.4. The Morgan fingerprint density at radius 2 is 0.935 bits per heavy atom. The zero-order valence-electron chi connectivity index (χ0n) is 36.5. The Balaban J connectivity index is 1.07. The summed E-state index contributed by atoms with van der Waals surface area (Å²) in [6.45, 7) is 9.55. The zero-order valence-corrected chi connectivity index (χ0v) is 36.5. The van der Waals surface area contributed by atoms with Crippen LogP contribution in [0.25, 0.3) is 5.69 Å². The van der Waals surface area contributed by atoms with Crippen molar-refractivity contribution in [3.8, 4) is 5.69 Å². The summed E-state index contributed by atoms with van der Waals surface area (Å²) in [6, 6.07) is 34.3. The third-order valence-electron chi connectivity index (χ3n) is 12.8. The van der Waals surface area contributed by atoms with E-state index in [2.05, 4.69) is 104 Å². The van der Waals surface area contributed by atoms with Crippen molar-refractivity contribution in [3.63, 3.8) is 0 Å². The quantitative estimate of drug-likeness (QED) is 0.120. The van der Waals surface area contributed by atoms with Gasteiger partial charge in [0, 0.05) is 109 Å². The minimum atomic E-state index is 0.206. The van der Waals surface area contributed by atoms with Gasteiger partial charge < -0.3 is 0 Å². The van der Waals surface area contributed by atoms with Gasteiger partial charge in [0.2, 0.25) is 0 Å². The van der Waals surface area contributed by atoms with Crippen LogP contribution in [-0.2, 0) is 32.6 Å². The lowest BCUT2D eigenvalue weighted by atomic mass is 9.90. The zero-order chi connectivity index (χ0) is 42.0. The second kappa shape index (κ2) is 23.3. The Labute approximate surface area is 369 Å². The van der Waals surface area contributed by atoms with Crippen LogP contribution in [0.2, 0.25) is 0 Å². The van der Waals surface area contributed by atoms with E-state index in [9.17, 15) is 0 Å². The number of hydrogen-bond acceptors (Lipinski definition) is 10. The molecular formula is C51H65N11. The van der Waals surface area contributed by atoms with E-state index in [4.69, 9.17) is 25.0 Å². The first kappa shape index (κ1) is 43.4. The van der Waals surface area contributed by atoms with Crippen LogP contribution in [-0.4, -0.2) is 106 Å². The Kier molecular flexibility index (Phi) is 16.3.